The molecular formula is C22H24BrN3O4. The average Bonchev–Trinajstić information content (AvgIpc) is 3.31. The number of halogens is 1. The molecule has 1 unspecified atom stereocenters. The number of hydrogen-bond acceptors (Lipinski definition) is 5. The number of H-pyrrole nitrogens is 1. The molecule has 0 bridgehead atoms. The van der Waals surface area contributed by atoms with Crippen LogP contribution in [-0.4, -0.2) is 46.8 Å². The van der Waals surface area contributed by atoms with Gasteiger partial charge in [-0.1, -0.05) is 28.1 Å². The van der Waals surface area contributed by atoms with Crippen LogP contribution in [0.5, 0.6) is 0 Å². The van der Waals surface area contributed by atoms with Crippen LogP contribution in [0.1, 0.15) is 45.2 Å². The number of nitrogens with one attached hydrogen (secondary N) is 1. The van der Waals surface area contributed by atoms with Gasteiger partial charge in [0, 0.05) is 34.1 Å². The molecule has 0 spiro atoms. The van der Waals surface area contributed by atoms with E-state index in [1.54, 1.807) is 13.2 Å². The van der Waals surface area contributed by atoms with Crippen molar-refractivity contribution in [3.05, 3.63) is 63.5 Å². The minimum atomic E-state index is -0.624. The zero-order chi connectivity index (χ0) is 21.8. The Bertz CT molecular complexity index is 1050. The van der Waals surface area contributed by atoms with E-state index in [0.717, 1.165) is 21.4 Å². The van der Waals surface area contributed by atoms with Crippen LogP contribution in [0.15, 0.2) is 40.9 Å². The molecule has 0 aliphatic carbocycles. The number of nitrogens with zero attached hydrogens (tertiary/aromatic N) is 2. The summed E-state index contributed by atoms with van der Waals surface area (Å²) in [5.41, 5.74) is 4.01. The summed E-state index contributed by atoms with van der Waals surface area (Å²) < 4.78 is 13.5. The summed E-state index contributed by atoms with van der Waals surface area (Å²) in [6.45, 7) is 6.05. The second kappa shape index (κ2) is 9.40. The SMILES string of the molecule is COCC(C)n1c(C)cc(C(=O)COC(=O)c2cc(-c3ccc(Br)cc3)n[nH]2)c1C. The van der Waals surface area contributed by atoms with Crippen molar-refractivity contribution in [1.82, 2.24) is 14.8 Å². The van der Waals surface area contributed by atoms with Gasteiger partial charge in [0.1, 0.15) is 5.69 Å². The highest BCUT2D eigenvalue weighted by Gasteiger charge is 2.21. The number of aromatic amines is 1. The molecule has 3 rings (SSSR count). The van der Waals surface area contributed by atoms with Crippen LogP contribution < -0.4 is 0 Å². The van der Waals surface area contributed by atoms with Gasteiger partial charge in [0.2, 0.25) is 5.78 Å². The van der Waals surface area contributed by atoms with Crippen molar-refractivity contribution in [3.8, 4) is 11.3 Å². The molecule has 0 amide bonds. The number of aromatic nitrogens is 3. The molecule has 0 fully saturated rings. The first kappa shape index (κ1) is 22.0. The molecule has 1 N–H and O–H groups in total. The average molecular weight is 474 g/mol. The van der Waals surface area contributed by atoms with Gasteiger partial charge in [-0.25, -0.2) is 4.79 Å². The number of hydrogen-bond donors (Lipinski definition) is 1. The molecule has 2 heterocycles. The van der Waals surface area contributed by atoms with E-state index in [-0.39, 0.29) is 24.1 Å². The molecule has 30 heavy (non-hydrogen) atoms. The fourth-order valence-electron chi connectivity index (χ4n) is 3.53. The van der Waals surface area contributed by atoms with Crippen LogP contribution in [-0.2, 0) is 9.47 Å². The van der Waals surface area contributed by atoms with Crippen molar-refractivity contribution >= 4 is 27.7 Å². The van der Waals surface area contributed by atoms with E-state index in [1.165, 1.54) is 0 Å². The lowest BCUT2D eigenvalue weighted by Crippen LogP contribution is -2.17. The predicted molar refractivity (Wildman–Crippen MR) is 117 cm³/mol. The van der Waals surface area contributed by atoms with Gasteiger partial charge in [-0.05, 0) is 45.0 Å². The zero-order valence-electron chi connectivity index (χ0n) is 17.4. The Morgan fingerprint density at radius 3 is 2.57 bits per heavy atom. The number of ketones is 1. The number of benzene rings is 1. The van der Waals surface area contributed by atoms with Gasteiger partial charge in [-0.2, -0.15) is 5.10 Å². The number of ether oxygens (including phenoxy) is 2. The maximum Gasteiger partial charge on any atom is 0.356 e. The van der Waals surface area contributed by atoms with Crippen LogP contribution in [0.25, 0.3) is 11.3 Å². The Labute approximate surface area is 183 Å². The molecule has 8 heteroatoms. The van der Waals surface area contributed by atoms with Gasteiger partial charge in [0.25, 0.3) is 0 Å². The highest BCUT2D eigenvalue weighted by atomic mass is 79.9. The van der Waals surface area contributed by atoms with Crippen molar-refractivity contribution in [3.63, 3.8) is 0 Å². The Kier molecular flexibility index (Phi) is 6.89. The topological polar surface area (TPSA) is 86.2 Å². The van der Waals surface area contributed by atoms with Gasteiger partial charge < -0.3 is 14.0 Å². The van der Waals surface area contributed by atoms with Crippen molar-refractivity contribution in [2.75, 3.05) is 20.3 Å². The summed E-state index contributed by atoms with van der Waals surface area (Å²) in [4.78, 5) is 25.0. The van der Waals surface area contributed by atoms with E-state index in [1.807, 2.05) is 51.1 Å². The van der Waals surface area contributed by atoms with E-state index >= 15 is 0 Å². The Hall–Kier alpha value is -2.71. The first-order chi connectivity index (χ1) is 14.3. The molecule has 3 aromatic rings. The van der Waals surface area contributed by atoms with Crippen molar-refractivity contribution < 1.29 is 19.1 Å². The van der Waals surface area contributed by atoms with Gasteiger partial charge in [0.15, 0.2) is 6.61 Å². The molecule has 1 aromatic carbocycles. The smallest absolute Gasteiger partial charge is 0.356 e. The molecule has 0 saturated carbocycles. The van der Waals surface area contributed by atoms with Gasteiger partial charge in [-0.15, -0.1) is 0 Å². The van der Waals surface area contributed by atoms with Crippen LogP contribution in [0.3, 0.4) is 0 Å². The van der Waals surface area contributed by atoms with E-state index < -0.39 is 5.97 Å². The first-order valence-electron chi connectivity index (χ1n) is 9.50. The lowest BCUT2D eigenvalue weighted by atomic mass is 10.1. The number of esters is 1. The third kappa shape index (κ3) is 4.71. The third-order valence-electron chi connectivity index (χ3n) is 4.91. The number of methoxy groups -OCH3 is 1. The predicted octanol–water partition coefficient (Wildman–Crippen LogP) is 4.50. The normalized spacial score (nSPS) is 12.0. The fourth-order valence-corrected chi connectivity index (χ4v) is 3.80. The molecule has 0 saturated heterocycles. The largest absolute Gasteiger partial charge is 0.453 e. The lowest BCUT2D eigenvalue weighted by molar-refractivity contribution is 0.0468. The molecular weight excluding hydrogens is 450 g/mol. The molecule has 2 aromatic heterocycles. The third-order valence-corrected chi connectivity index (χ3v) is 5.43. The first-order valence-corrected chi connectivity index (χ1v) is 10.3. The zero-order valence-corrected chi connectivity index (χ0v) is 18.9. The Balaban J connectivity index is 1.66. The Morgan fingerprint density at radius 1 is 1.20 bits per heavy atom. The number of rotatable bonds is 8. The summed E-state index contributed by atoms with van der Waals surface area (Å²) in [5, 5.41) is 6.82. The monoisotopic (exact) mass is 473 g/mol. The van der Waals surface area contributed by atoms with Crippen molar-refractivity contribution in [2.45, 2.75) is 26.8 Å². The number of carbonyl (C=O) groups is 2. The van der Waals surface area contributed by atoms with Gasteiger partial charge in [0.05, 0.1) is 18.3 Å². The summed E-state index contributed by atoms with van der Waals surface area (Å²) in [7, 11) is 1.65. The van der Waals surface area contributed by atoms with Crippen LogP contribution >= 0.6 is 15.9 Å². The molecule has 7 nitrogen and oxygen atoms in total. The number of aryl methyl sites for hydroxylation is 1. The van der Waals surface area contributed by atoms with E-state index in [4.69, 9.17) is 9.47 Å². The maximum atomic E-state index is 12.7. The van der Waals surface area contributed by atoms with E-state index in [9.17, 15) is 9.59 Å². The second-order valence-electron chi connectivity index (χ2n) is 7.13. The maximum absolute atomic E-state index is 12.7. The molecule has 0 aliphatic rings. The molecule has 1 atom stereocenters. The van der Waals surface area contributed by atoms with Crippen molar-refractivity contribution in [2.24, 2.45) is 0 Å². The highest BCUT2D eigenvalue weighted by molar-refractivity contribution is 9.10. The lowest BCUT2D eigenvalue weighted by Gasteiger charge is -2.17. The molecule has 0 aliphatic heterocycles. The summed E-state index contributed by atoms with van der Waals surface area (Å²) in [6, 6.07) is 11.1. The minimum Gasteiger partial charge on any atom is -0.453 e. The quantitative estimate of drug-likeness (QED) is 0.384. The van der Waals surface area contributed by atoms with Crippen LogP contribution in [0.2, 0.25) is 0 Å². The summed E-state index contributed by atoms with van der Waals surface area (Å²) >= 11 is 3.38. The van der Waals surface area contributed by atoms with Crippen LogP contribution in [0.4, 0.5) is 0 Å². The standard InChI is InChI=1S/C22H24BrN3O4/c1-13-9-18(15(3)26(13)14(2)11-29-4)21(27)12-30-22(28)20-10-19(24-25-20)16-5-7-17(23)8-6-16/h5-10,14H,11-12H2,1-4H3,(H,24,25). The van der Waals surface area contributed by atoms with Gasteiger partial charge in [-0.3, -0.25) is 9.89 Å². The Morgan fingerprint density at radius 2 is 1.90 bits per heavy atom. The minimum absolute atomic E-state index is 0.0983. The van der Waals surface area contributed by atoms with Crippen LogP contribution in [0, 0.1) is 13.8 Å². The highest BCUT2D eigenvalue weighted by Crippen LogP contribution is 2.22. The molecule has 158 valence electrons. The fraction of sp³-hybridized carbons (Fsp3) is 0.318. The number of carbonyl (C=O) groups excluding carboxylic acids is 2. The summed E-state index contributed by atoms with van der Waals surface area (Å²) in [5.74, 6) is -0.874. The van der Waals surface area contributed by atoms with Crippen molar-refractivity contribution in [1.29, 1.82) is 0 Å². The van der Waals surface area contributed by atoms with E-state index in [0.29, 0.717) is 17.9 Å². The number of Topliss-reactive ketones (excluding diaryl/α,β-unsaturated/α-hetero) is 1. The molecule has 0 radical (unpaired) electrons. The van der Waals surface area contributed by atoms with Gasteiger partial charge >= 0.3 is 5.97 Å². The second-order valence-corrected chi connectivity index (χ2v) is 8.05. The summed E-state index contributed by atoms with van der Waals surface area (Å²) in [6.07, 6.45) is 0. The van der Waals surface area contributed by atoms with E-state index in [2.05, 4.69) is 30.7 Å².